The highest BCUT2D eigenvalue weighted by atomic mass is 35.5. The van der Waals surface area contributed by atoms with Gasteiger partial charge in [0, 0.05) is 30.0 Å². The van der Waals surface area contributed by atoms with Crippen molar-refractivity contribution >= 4 is 46.0 Å². The van der Waals surface area contributed by atoms with Crippen molar-refractivity contribution in [2.45, 2.75) is 6.54 Å². The second-order valence-electron chi connectivity index (χ2n) is 5.35. The molecule has 4 rings (SSSR count). The zero-order valence-electron chi connectivity index (χ0n) is 13.3. The zero-order chi connectivity index (χ0) is 17.9. The molecule has 130 valence electrons. The monoisotopic (exact) mass is 401 g/mol. The summed E-state index contributed by atoms with van der Waals surface area (Å²) in [4.78, 5) is 21.7. The molecule has 0 saturated heterocycles. The van der Waals surface area contributed by atoms with Crippen molar-refractivity contribution in [2.75, 3.05) is 5.32 Å². The Balaban J connectivity index is 1.43. The third-order valence-corrected chi connectivity index (χ3v) is 5.74. The number of carbonyl (C=O) groups excluding carboxylic acids is 1. The first-order chi connectivity index (χ1) is 12.7. The minimum Gasteiger partial charge on any atom is -0.304 e. The average Bonchev–Trinajstić information content (AvgIpc) is 3.37. The van der Waals surface area contributed by atoms with Gasteiger partial charge in [0.1, 0.15) is 10.7 Å². The van der Waals surface area contributed by atoms with E-state index in [1.807, 2.05) is 30.5 Å². The van der Waals surface area contributed by atoms with Crippen molar-refractivity contribution in [3.63, 3.8) is 0 Å². The van der Waals surface area contributed by atoms with Crippen molar-refractivity contribution in [3.05, 3.63) is 69.9 Å². The molecule has 4 heterocycles. The Morgan fingerprint density at radius 3 is 2.81 bits per heavy atom. The molecule has 6 nitrogen and oxygen atoms in total. The molecule has 0 fully saturated rings. The highest BCUT2D eigenvalue weighted by Crippen LogP contribution is 2.33. The number of pyridine rings is 1. The lowest BCUT2D eigenvalue weighted by Crippen LogP contribution is -2.13. The minimum absolute atomic E-state index is 0.288. The Hall–Kier alpha value is -2.55. The average molecular weight is 402 g/mol. The second-order valence-corrected chi connectivity index (χ2v) is 7.92. The highest BCUT2D eigenvalue weighted by Gasteiger charge is 2.14. The molecule has 0 spiro atoms. The van der Waals surface area contributed by atoms with Gasteiger partial charge in [0.15, 0.2) is 5.82 Å². The number of thiazole rings is 1. The summed E-state index contributed by atoms with van der Waals surface area (Å²) in [7, 11) is 0. The molecular formula is C17H12ClN5OS2. The van der Waals surface area contributed by atoms with Gasteiger partial charge in [0.2, 0.25) is 0 Å². The molecule has 0 radical (unpaired) electrons. The van der Waals surface area contributed by atoms with Crippen LogP contribution in [-0.2, 0) is 6.54 Å². The molecular weight excluding hydrogens is 390 g/mol. The topological polar surface area (TPSA) is 72.7 Å². The number of nitrogens with zero attached hydrogens (tertiary/aromatic N) is 4. The lowest BCUT2D eigenvalue weighted by molar-refractivity contribution is 0.102. The SMILES string of the molecule is O=C(Nc1ccn(Cc2ccncc2)n1)c1csc(-c2ccc(Cl)s2)n1. The van der Waals surface area contributed by atoms with Crippen LogP contribution in [0.3, 0.4) is 0 Å². The predicted molar refractivity (Wildman–Crippen MR) is 104 cm³/mol. The molecule has 1 amide bonds. The van der Waals surface area contributed by atoms with Crippen molar-refractivity contribution in [1.82, 2.24) is 19.7 Å². The molecule has 0 saturated carbocycles. The van der Waals surface area contributed by atoms with Gasteiger partial charge in [-0.15, -0.1) is 22.7 Å². The Morgan fingerprint density at radius 2 is 2.04 bits per heavy atom. The van der Waals surface area contributed by atoms with Crippen LogP contribution in [0, 0.1) is 0 Å². The number of hydrogen-bond acceptors (Lipinski definition) is 6. The lowest BCUT2D eigenvalue weighted by atomic mass is 10.3. The van der Waals surface area contributed by atoms with E-state index in [9.17, 15) is 4.79 Å². The van der Waals surface area contributed by atoms with Gasteiger partial charge < -0.3 is 5.32 Å². The van der Waals surface area contributed by atoms with Crippen LogP contribution in [0.5, 0.6) is 0 Å². The number of amides is 1. The van der Waals surface area contributed by atoms with Gasteiger partial charge in [0.05, 0.1) is 15.8 Å². The molecule has 4 aromatic rings. The van der Waals surface area contributed by atoms with Crippen molar-refractivity contribution in [3.8, 4) is 9.88 Å². The standard InChI is InChI=1S/C17H12ClN5OS2/c18-14-2-1-13(26-14)17-20-12(10-25-17)16(24)21-15-5-8-23(22-15)9-11-3-6-19-7-4-11/h1-8,10H,9H2,(H,21,22,24). The van der Waals surface area contributed by atoms with Crippen LogP contribution in [0.25, 0.3) is 9.88 Å². The summed E-state index contributed by atoms with van der Waals surface area (Å²) >= 11 is 8.80. The van der Waals surface area contributed by atoms with E-state index in [0.29, 0.717) is 22.4 Å². The molecule has 0 bridgehead atoms. The normalized spacial score (nSPS) is 10.8. The van der Waals surface area contributed by atoms with E-state index in [4.69, 9.17) is 11.6 Å². The maximum Gasteiger partial charge on any atom is 0.276 e. The van der Waals surface area contributed by atoms with Crippen LogP contribution >= 0.6 is 34.3 Å². The highest BCUT2D eigenvalue weighted by molar-refractivity contribution is 7.23. The van der Waals surface area contributed by atoms with E-state index in [-0.39, 0.29) is 5.91 Å². The van der Waals surface area contributed by atoms with Gasteiger partial charge in [-0.05, 0) is 29.8 Å². The first kappa shape index (κ1) is 16.9. The molecule has 9 heteroatoms. The summed E-state index contributed by atoms with van der Waals surface area (Å²) in [6.07, 6.45) is 5.29. The zero-order valence-corrected chi connectivity index (χ0v) is 15.7. The Bertz CT molecular complexity index is 1040. The van der Waals surface area contributed by atoms with E-state index in [0.717, 1.165) is 15.4 Å². The van der Waals surface area contributed by atoms with Crippen LogP contribution in [0.2, 0.25) is 4.34 Å². The number of anilines is 1. The summed E-state index contributed by atoms with van der Waals surface area (Å²) in [5.74, 6) is 0.196. The number of hydrogen-bond donors (Lipinski definition) is 1. The summed E-state index contributed by atoms with van der Waals surface area (Å²) in [6, 6.07) is 9.32. The van der Waals surface area contributed by atoms with Crippen LogP contribution in [-0.4, -0.2) is 25.7 Å². The molecule has 0 aliphatic heterocycles. The summed E-state index contributed by atoms with van der Waals surface area (Å²) in [6.45, 7) is 0.610. The first-order valence-corrected chi connectivity index (χ1v) is 9.70. The van der Waals surface area contributed by atoms with Crippen molar-refractivity contribution < 1.29 is 4.79 Å². The maximum absolute atomic E-state index is 12.4. The molecule has 1 N–H and O–H groups in total. The van der Waals surface area contributed by atoms with Crippen LogP contribution in [0.1, 0.15) is 16.1 Å². The summed E-state index contributed by atoms with van der Waals surface area (Å²) < 4.78 is 2.45. The number of nitrogens with one attached hydrogen (secondary N) is 1. The Labute approximate surface area is 162 Å². The fraction of sp³-hybridized carbons (Fsp3) is 0.0588. The predicted octanol–water partition coefficient (Wildman–Crippen LogP) is 4.42. The van der Waals surface area contributed by atoms with Crippen LogP contribution in [0.15, 0.2) is 54.3 Å². The number of rotatable bonds is 5. The molecule has 0 aliphatic rings. The van der Waals surface area contributed by atoms with E-state index < -0.39 is 0 Å². The van der Waals surface area contributed by atoms with E-state index in [1.165, 1.54) is 22.7 Å². The van der Waals surface area contributed by atoms with E-state index in [1.54, 1.807) is 28.5 Å². The van der Waals surface area contributed by atoms with Gasteiger partial charge in [-0.1, -0.05) is 11.6 Å². The van der Waals surface area contributed by atoms with Crippen molar-refractivity contribution in [1.29, 1.82) is 0 Å². The number of aromatic nitrogens is 4. The molecule has 0 unspecified atom stereocenters. The van der Waals surface area contributed by atoms with Gasteiger partial charge in [-0.25, -0.2) is 4.98 Å². The van der Waals surface area contributed by atoms with Gasteiger partial charge in [-0.3, -0.25) is 14.5 Å². The summed E-state index contributed by atoms with van der Waals surface area (Å²) in [5, 5.41) is 9.64. The maximum atomic E-state index is 12.4. The smallest absolute Gasteiger partial charge is 0.276 e. The number of halogens is 1. The third-order valence-electron chi connectivity index (χ3n) is 3.50. The Morgan fingerprint density at radius 1 is 1.19 bits per heavy atom. The molecule has 0 aromatic carbocycles. The molecule has 4 aromatic heterocycles. The fourth-order valence-corrected chi connectivity index (χ4v) is 4.21. The van der Waals surface area contributed by atoms with Crippen LogP contribution in [0.4, 0.5) is 5.82 Å². The van der Waals surface area contributed by atoms with Gasteiger partial charge >= 0.3 is 0 Å². The minimum atomic E-state index is -0.288. The van der Waals surface area contributed by atoms with Gasteiger partial charge in [0.25, 0.3) is 5.91 Å². The molecule has 0 aliphatic carbocycles. The first-order valence-electron chi connectivity index (χ1n) is 7.62. The van der Waals surface area contributed by atoms with E-state index >= 15 is 0 Å². The Kier molecular flexibility index (Phi) is 4.79. The molecule has 0 atom stereocenters. The quantitative estimate of drug-likeness (QED) is 0.537. The molecule has 26 heavy (non-hydrogen) atoms. The van der Waals surface area contributed by atoms with Crippen molar-refractivity contribution in [2.24, 2.45) is 0 Å². The lowest BCUT2D eigenvalue weighted by Gasteiger charge is -2.01. The number of carbonyl (C=O) groups is 1. The third kappa shape index (κ3) is 3.82. The second kappa shape index (κ2) is 7.36. The summed E-state index contributed by atoms with van der Waals surface area (Å²) in [5.41, 5.74) is 1.44. The largest absolute Gasteiger partial charge is 0.304 e. The fourth-order valence-electron chi connectivity index (χ4n) is 2.29. The number of thiophene rings is 1. The van der Waals surface area contributed by atoms with Gasteiger partial charge in [-0.2, -0.15) is 5.10 Å². The van der Waals surface area contributed by atoms with Crippen LogP contribution < -0.4 is 5.32 Å². The van der Waals surface area contributed by atoms with E-state index in [2.05, 4.69) is 20.4 Å².